The highest BCUT2D eigenvalue weighted by Gasteiger charge is 2.59. The fourth-order valence-electron chi connectivity index (χ4n) is 7.84. The summed E-state index contributed by atoms with van der Waals surface area (Å²) in [7, 11) is 0. The van der Waals surface area contributed by atoms with Crippen molar-refractivity contribution in [2.75, 3.05) is 0 Å². The standard InChI is InChI=1S/C27H38N2O2/c1-6-29-17(3)22(16(2)28-29)13-18-14-24-21-8-7-19-15-20(30)9-11-26(19,4)23(21)10-12-27(24,5)25(18)31/h7,13,20-21,23-24,30H,6,8-12,14-15H2,1-5H3/b18-13-/t20-,21+,23+,24-,26+,27+/m0/s1. The molecule has 0 unspecified atom stereocenters. The molecule has 0 aromatic carbocycles. The van der Waals surface area contributed by atoms with Crippen molar-refractivity contribution in [3.05, 3.63) is 34.2 Å². The lowest BCUT2D eigenvalue weighted by Crippen LogP contribution is -2.50. The van der Waals surface area contributed by atoms with E-state index in [1.165, 1.54) is 5.57 Å². The molecule has 0 bridgehead atoms. The second-order valence-electron chi connectivity index (χ2n) is 11.2. The molecule has 1 heterocycles. The van der Waals surface area contributed by atoms with Crippen LogP contribution >= 0.6 is 0 Å². The Bertz CT molecular complexity index is 986. The molecule has 0 aliphatic heterocycles. The summed E-state index contributed by atoms with van der Waals surface area (Å²) in [5, 5.41) is 14.9. The predicted octanol–water partition coefficient (Wildman–Crippen LogP) is 5.41. The van der Waals surface area contributed by atoms with Crippen molar-refractivity contribution in [3.63, 3.8) is 0 Å². The molecule has 0 amide bonds. The highest BCUT2D eigenvalue weighted by Crippen LogP contribution is 2.64. The van der Waals surface area contributed by atoms with E-state index in [1.54, 1.807) is 0 Å². The molecule has 168 valence electrons. The molecule has 0 spiro atoms. The van der Waals surface area contributed by atoms with Crippen LogP contribution in [0.1, 0.15) is 82.7 Å². The predicted molar refractivity (Wildman–Crippen MR) is 123 cm³/mol. The van der Waals surface area contributed by atoms with Crippen LogP contribution in [0.15, 0.2) is 17.2 Å². The van der Waals surface area contributed by atoms with E-state index in [-0.39, 0.29) is 16.9 Å². The number of Topliss-reactive ketones (excluding diaryl/α,β-unsaturated/α-hetero) is 1. The van der Waals surface area contributed by atoms with Crippen LogP contribution < -0.4 is 0 Å². The Morgan fingerprint density at radius 2 is 1.90 bits per heavy atom. The third kappa shape index (κ3) is 2.97. The van der Waals surface area contributed by atoms with Gasteiger partial charge in [0.25, 0.3) is 0 Å². The van der Waals surface area contributed by atoms with Gasteiger partial charge in [-0.2, -0.15) is 5.10 Å². The van der Waals surface area contributed by atoms with Gasteiger partial charge in [-0.15, -0.1) is 0 Å². The number of aromatic nitrogens is 2. The van der Waals surface area contributed by atoms with E-state index in [2.05, 4.69) is 51.9 Å². The minimum Gasteiger partial charge on any atom is -0.393 e. The Morgan fingerprint density at radius 1 is 1.16 bits per heavy atom. The van der Waals surface area contributed by atoms with E-state index in [1.807, 2.05) is 4.68 Å². The van der Waals surface area contributed by atoms with E-state index in [9.17, 15) is 9.90 Å². The molecule has 1 N–H and O–H groups in total. The van der Waals surface area contributed by atoms with E-state index in [0.29, 0.717) is 23.5 Å². The van der Waals surface area contributed by atoms with Gasteiger partial charge in [0, 0.05) is 23.2 Å². The lowest BCUT2D eigenvalue weighted by molar-refractivity contribution is -0.130. The average molecular weight is 423 g/mol. The van der Waals surface area contributed by atoms with Crippen LogP contribution in [0.5, 0.6) is 0 Å². The summed E-state index contributed by atoms with van der Waals surface area (Å²) in [4.78, 5) is 13.7. The number of allylic oxidation sites excluding steroid dienone is 2. The second-order valence-corrected chi connectivity index (χ2v) is 11.2. The van der Waals surface area contributed by atoms with Gasteiger partial charge in [0.15, 0.2) is 5.78 Å². The molecule has 5 rings (SSSR count). The number of rotatable bonds is 2. The second kappa shape index (κ2) is 7.16. The van der Waals surface area contributed by atoms with Crippen molar-refractivity contribution in [2.45, 2.75) is 92.2 Å². The van der Waals surface area contributed by atoms with Crippen LogP contribution in [0, 0.1) is 42.4 Å². The number of aryl methyl sites for hydroxylation is 2. The third-order valence-corrected chi connectivity index (χ3v) is 9.77. The summed E-state index contributed by atoms with van der Waals surface area (Å²) in [6, 6.07) is 0. The van der Waals surface area contributed by atoms with E-state index in [4.69, 9.17) is 0 Å². The van der Waals surface area contributed by atoms with Crippen LogP contribution in [-0.2, 0) is 11.3 Å². The van der Waals surface area contributed by atoms with Crippen molar-refractivity contribution >= 4 is 11.9 Å². The van der Waals surface area contributed by atoms with Crippen molar-refractivity contribution in [1.82, 2.24) is 9.78 Å². The lowest BCUT2D eigenvalue weighted by atomic mass is 9.48. The molecule has 0 saturated heterocycles. The zero-order valence-corrected chi connectivity index (χ0v) is 19.9. The van der Waals surface area contributed by atoms with Gasteiger partial charge in [0.1, 0.15) is 0 Å². The quantitative estimate of drug-likeness (QED) is 0.512. The van der Waals surface area contributed by atoms with Crippen LogP contribution in [-0.4, -0.2) is 26.8 Å². The molecule has 4 aliphatic rings. The van der Waals surface area contributed by atoms with Gasteiger partial charge in [0.2, 0.25) is 0 Å². The van der Waals surface area contributed by atoms with Crippen LogP contribution in [0.3, 0.4) is 0 Å². The molecule has 3 fully saturated rings. The number of hydrogen-bond acceptors (Lipinski definition) is 3. The van der Waals surface area contributed by atoms with Crippen LogP contribution in [0.25, 0.3) is 6.08 Å². The van der Waals surface area contributed by atoms with Crippen molar-refractivity contribution < 1.29 is 9.90 Å². The Balaban J connectivity index is 1.49. The van der Waals surface area contributed by atoms with Crippen LogP contribution in [0.4, 0.5) is 0 Å². The molecular weight excluding hydrogens is 384 g/mol. The summed E-state index contributed by atoms with van der Waals surface area (Å²) in [5.41, 5.74) is 5.85. The average Bonchev–Trinajstić information content (AvgIpc) is 3.16. The topological polar surface area (TPSA) is 55.1 Å². The van der Waals surface area contributed by atoms with E-state index >= 15 is 0 Å². The summed E-state index contributed by atoms with van der Waals surface area (Å²) >= 11 is 0. The molecule has 31 heavy (non-hydrogen) atoms. The summed E-state index contributed by atoms with van der Waals surface area (Å²) in [6.07, 6.45) is 11.5. The van der Waals surface area contributed by atoms with Gasteiger partial charge in [-0.1, -0.05) is 25.5 Å². The first-order valence-corrected chi connectivity index (χ1v) is 12.4. The Kier molecular flexibility index (Phi) is 4.89. The Morgan fingerprint density at radius 3 is 2.61 bits per heavy atom. The smallest absolute Gasteiger partial charge is 0.165 e. The van der Waals surface area contributed by atoms with Crippen molar-refractivity contribution in [3.8, 4) is 0 Å². The number of nitrogens with zero attached hydrogens (tertiary/aromatic N) is 2. The zero-order valence-electron chi connectivity index (χ0n) is 19.9. The number of carbonyl (C=O) groups is 1. The molecular formula is C27H38N2O2. The number of fused-ring (bicyclic) bond motifs is 5. The van der Waals surface area contributed by atoms with Crippen LogP contribution in [0.2, 0.25) is 0 Å². The van der Waals surface area contributed by atoms with Gasteiger partial charge in [-0.3, -0.25) is 9.48 Å². The maximum Gasteiger partial charge on any atom is 0.165 e. The fraction of sp³-hybridized carbons (Fsp3) is 0.704. The monoisotopic (exact) mass is 422 g/mol. The highest BCUT2D eigenvalue weighted by molar-refractivity contribution is 6.06. The molecule has 4 aliphatic carbocycles. The molecule has 4 heteroatoms. The number of ketones is 1. The molecule has 0 radical (unpaired) electrons. The molecule has 3 saturated carbocycles. The first-order valence-electron chi connectivity index (χ1n) is 12.4. The number of hydrogen-bond donors (Lipinski definition) is 1. The Labute approximate surface area is 186 Å². The SMILES string of the molecule is CCn1nc(C)c(/C=C2/C[C@H]3[C@@H]4CC=C5C[C@@H](O)CC[C@@]5(C)[C@@H]4CC[C@@]3(C)C2=O)c1C. The normalized spacial score (nSPS) is 41.0. The summed E-state index contributed by atoms with van der Waals surface area (Å²) in [5.74, 6) is 2.06. The van der Waals surface area contributed by atoms with Gasteiger partial charge in [0.05, 0.1) is 11.8 Å². The first kappa shape index (κ1) is 21.2. The fourth-order valence-corrected chi connectivity index (χ4v) is 7.84. The third-order valence-electron chi connectivity index (χ3n) is 9.77. The molecule has 4 nitrogen and oxygen atoms in total. The first-order chi connectivity index (χ1) is 14.7. The van der Waals surface area contributed by atoms with Crippen molar-refractivity contribution in [2.24, 2.45) is 28.6 Å². The van der Waals surface area contributed by atoms with Crippen molar-refractivity contribution in [1.29, 1.82) is 0 Å². The minimum absolute atomic E-state index is 0.164. The van der Waals surface area contributed by atoms with Gasteiger partial charge < -0.3 is 5.11 Å². The van der Waals surface area contributed by atoms with Gasteiger partial charge >= 0.3 is 0 Å². The molecule has 1 aromatic heterocycles. The highest BCUT2D eigenvalue weighted by atomic mass is 16.3. The summed E-state index contributed by atoms with van der Waals surface area (Å²) in [6.45, 7) is 11.8. The maximum atomic E-state index is 13.7. The molecule has 1 aromatic rings. The van der Waals surface area contributed by atoms with Gasteiger partial charge in [-0.05, 0) is 101 Å². The maximum absolute atomic E-state index is 13.7. The zero-order chi connectivity index (χ0) is 22.1. The lowest BCUT2D eigenvalue weighted by Gasteiger charge is -2.56. The minimum atomic E-state index is -0.217. The number of carbonyl (C=O) groups excluding carboxylic acids is 1. The largest absolute Gasteiger partial charge is 0.393 e. The van der Waals surface area contributed by atoms with E-state index in [0.717, 1.165) is 74.0 Å². The van der Waals surface area contributed by atoms with Gasteiger partial charge in [-0.25, -0.2) is 0 Å². The summed E-state index contributed by atoms with van der Waals surface area (Å²) < 4.78 is 2.04. The number of aliphatic hydroxyl groups is 1. The Hall–Kier alpha value is -1.68. The number of aliphatic hydroxyl groups excluding tert-OH is 1. The molecule has 6 atom stereocenters. The van der Waals surface area contributed by atoms with E-state index < -0.39 is 0 Å².